The van der Waals surface area contributed by atoms with Gasteiger partial charge in [0.05, 0.1) is 0 Å². The maximum absolute atomic E-state index is 3.65. The van der Waals surface area contributed by atoms with Crippen LogP contribution in [0.3, 0.4) is 0 Å². The summed E-state index contributed by atoms with van der Waals surface area (Å²) in [6.45, 7) is 0.903. The Balaban J connectivity index is 0.000000250. The summed E-state index contributed by atoms with van der Waals surface area (Å²) in [6, 6.07) is 0. The van der Waals surface area contributed by atoms with Crippen molar-refractivity contribution < 1.29 is 22.4 Å². The number of hydrogen-bond donors (Lipinski definition) is 0. The van der Waals surface area contributed by atoms with Crippen LogP contribution < -0.4 is 0 Å². The van der Waals surface area contributed by atoms with Crippen molar-refractivity contribution in [2.24, 2.45) is 5.10 Å². The fourth-order valence-corrected chi connectivity index (χ4v) is 0.289. The van der Waals surface area contributed by atoms with Crippen LogP contribution in [-0.4, -0.2) is 12.8 Å². The van der Waals surface area contributed by atoms with Gasteiger partial charge in [-0.1, -0.05) is 0 Å². The third-order valence-corrected chi connectivity index (χ3v) is 0.521. The second kappa shape index (κ2) is 3.40. The molecule has 1 aliphatic rings. The van der Waals surface area contributed by atoms with Crippen molar-refractivity contribution in [2.45, 2.75) is 6.42 Å². The van der Waals surface area contributed by atoms with Crippen molar-refractivity contribution in [1.82, 2.24) is 0 Å². The molecule has 0 atom stereocenters. The third kappa shape index (κ3) is 1.60. The zero-order valence-corrected chi connectivity index (χ0v) is 5.35. The first-order valence-electron chi connectivity index (χ1n) is 1.68. The van der Waals surface area contributed by atoms with Crippen LogP contribution in [0.4, 0.5) is 0 Å². The molecule has 0 spiro atoms. The summed E-state index contributed by atoms with van der Waals surface area (Å²) in [6.07, 6.45) is 2.86. The van der Waals surface area contributed by atoms with E-state index in [0.29, 0.717) is 0 Å². The van der Waals surface area contributed by atoms with Crippen molar-refractivity contribution in [3.8, 4) is 0 Å². The zero-order valence-electron chi connectivity index (χ0n) is 3.19. The van der Waals surface area contributed by atoms with Gasteiger partial charge in [0, 0.05) is 0 Å². The molecule has 0 saturated carbocycles. The minimum atomic E-state index is 0. The molecule has 0 unspecified atom stereocenters. The molecule has 1 rings (SSSR count). The van der Waals surface area contributed by atoms with Gasteiger partial charge in [0.1, 0.15) is 0 Å². The van der Waals surface area contributed by atoms with Crippen LogP contribution in [0.2, 0.25) is 0 Å². The molecule has 1 aliphatic heterocycles. The van der Waals surface area contributed by atoms with Crippen LogP contribution in [0.5, 0.6) is 0 Å². The van der Waals surface area contributed by atoms with E-state index in [4.69, 9.17) is 0 Å². The van der Waals surface area contributed by atoms with Gasteiger partial charge in [0.2, 0.25) is 0 Å². The van der Waals surface area contributed by atoms with Crippen LogP contribution in [-0.2, 0) is 22.4 Å². The van der Waals surface area contributed by atoms with E-state index in [1.807, 2.05) is 6.21 Å². The number of rotatable bonds is 0. The van der Waals surface area contributed by atoms with E-state index in [1.165, 1.54) is 0 Å². The Labute approximate surface area is 52.5 Å². The fourth-order valence-electron chi connectivity index (χ4n) is 0.289. The van der Waals surface area contributed by atoms with Crippen molar-refractivity contribution in [2.75, 3.05) is 6.54 Å². The standard InChI is InChI=1S/C3H5N2.Au/c1-2-4-5-3-1;/h2H,1,3H2;/q-1;+1. The molecule has 0 aliphatic carbocycles. The van der Waals surface area contributed by atoms with E-state index in [-0.39, 0.29) is 22.4 Å². The Bertz CT molecular complexity index is 46.8. The summed E-state index contributed by atoms with van der Waals surface area (Å²) >= 11 is 0. The second-order valence-electron chi connectivity index (χ2n) is 0.952. The summed E-state index contributed by atoms with van der Waals surface area (Å²) in [5.41, 5.74) is 3.65. The first kappa shape index (κ1) is 6.21. The van der Waals surface area contributed by atoms with Gasteiger partial charge in [0.25, 0.3) is 0 Å². The van der Waals surface area contributed by atoms with Gasteiger partial charge in [-0.25, -0.2) is 0 Å². The molecule has 6 heavy (non-hydrogen) atoms. The molecule has 0 N–H and O–H groups in total. The van der Waals surface area contributed by atoms with Crippen LogP contribution in [0.25, 0.3) is 5.43 Å². The van der Waals surface area contributed by atoms with Crippen molar-refractivity contribution >= 4 is 6.21 Å². The average Bonchev–Trinajstić information content (AvgIpc) is 1.76. The van der Waals surface area contributed by atoms with Crippen LogP contribution in [0.15, 0.2) is 5.10 Å². The molecule has 0 radical (unpaired) electrons. The van der Waals surface area contributed by atoms with E-state index in [1.54, 1.807) is 0 Å². The molecule has 0 bridgehead atoms. The molecule has 0 aromatic rings. The summed E-state index contributed by atoms with van der Waals surface area (Å²) in [4.78, 5) is 0. The zero-order chi connectivity index (χ0) is 3.54. The summed E-state index contributed by atoms with van der Waals surface area (Å²) in [5, 5.41) is 3.58. The maximum atomic E-state index is 3.65. The molecule has 1 heterocycles. The van der Waals surface area contributed by atoms with E-state index in [2.05, 4.69) is 10.5 Å². The van der Waals surface area contributed by atoms with Crippen LogP contribution >= 0.6 is 0 Å². The topological polar surface area (TPSA) is 26.5 Å². The molecule has 0 amide bonds. The quantitative estimate of drug-likeness (QED) is 0.578. The van der Waals surface area contributed by atoms with Gasteiger partial charge in [-0.2, -0.15) is 0 Å². The van der Waals surface area contributed by atoms with Crippen LogP contribution in [0.1, 0.15) is 6.42 Å². The van der Waals surface area contributed by atoms with Gasteiger partial charge in [-0.3, -0.25) is 0 Å². The SMILES string of the molecule is C1=N[N-]CC1.[Au+]. The molecule has 3 heteroatoms. The molecule has 0 saturated heterocycles. The van der Waals surface area contributed by atoms with E-state index in [9.17, 15) is 0 Å². The Kier molecular flexibility index (Phi) is 3.52. The minimum absolute atomic E-state index is 0. The number of hydrogen-bond acceptors (Lipinski definition) is 1. The minimum Gasteiger partial charge on any atom is -0.602 e. The van der Waals surface area contributed by atoms with Crippen molar-refractivity contribution in [3.05, 3.63) is 5.43 Å². The van der Waals surface area contributed by atoms with Gasteiger partial charge < -0.3 is 10.5 Å². The van der Waals surface area contributed by atoms with Gasteiger partial charge in [0.15, 0.2) is 0 Å². The molecular formula is C3H5AuN2. The summed E-state index contributed by atoms with van der Waals surface area (Å²) in [7, 11) is 0. The van der Waals surface area contributed by atoms with Gasteiger partial charge in [-0.05, 0) is 12.6 Å². The smallest absolute Gasteiger partial charge is 0.602 e. The predicted molar refractivity (Wildman–Crippen MR) is 21.3 cm³/mol. The Morgan fingerprint density at radius 1 is 1.67 bits per heavy atom. The molecule has 0 fully saturated rings. The number of nitrogens with zero attached hydrogens (tertiary/aromatic N) is 2. The first-order valence-corrected chi connectivity index (χ1v) is 1.68. The largest absolute Gasteiger partial charge is 1.00 e. The Morgan fingerprint density at radius 3 is 2.67 bits per heavy atom. The normalized spacial score (nSPS) is 16.0. The first-order chi connectivity index (χ1) is 2.50. The van der Waals surface area contributed by atoms with E-state index >= 15 is 0 Å². The van der Waals surface area contributed by atoms with Gasteiger partial charge in [-0.15, -0.1) is 6.54 Å². The van der Waals surface area contributed by atoms with Crippen molar-refractivity contribution in [1.29, 1.82) is 0 Å². The predicted octanol–water partition coefficient (Wildman–Crippen LogP) is 0.747. The van der Waals surface area contributed by atoms with Crippen LogP contribution in [0, 0.1) is 0 Å². The van der Waals surface area contributed by atoms with E-state index < -0.39 is 0 Å². The Hall–Kier alpha value is 0.210. The molecule has 0 aromatic heterocycles. The monoisotopic (exact) mass is 266 g/mol. The molecule has 0 aromatic carbocycles. The molecule has 2 nitrogen and oxygen atoms in total. The van der Waals surface area contributed by atoms with Crippen molar-refractivity contribution in [3.63, 3.8) is 0 Å². The van der Waals surface area contributed by atoms with Gasteiger partial charge >= 0.3 is 22.4 Å². The fraction of sp³-hybridized carbons (Fsp3) is 0.667. The second-order valence-corrected chi connectivity index (χ2v) is 0.952. The third-order valence-electron chi connectivity index (χ3n) is 0.521. The molecule has 38 valence electrons. The van der Waals surface area contributed by atoms with E-state index in [0.717, 1.165) is 13.0 Å². The Morgan fingerprint density at radius 2 is 2.50 bits per heavy atom. The maximum Gasteiger partial charge on any atom is 1.00 e. The molecular weight excluding hydrogens is 261 g/mol. The summed E-state index contributed by atoms with van der Waals surface area (Å²) in [5.74, 6) is 0. The summed E-state index contributed by atoms with van der Waals surface area (Å²) < 4.78 is 0. The average molecular weight is 266 g/mol.